The van der Waals surface area contributed by atoms with Gasteiger partial charge in [0.2, 0.25) is 0 Å². The van der Waals surface area contributed by atoms with Gasteiger partial charge in [-0.2, -0.15) is 0 Å². The number of amides is 1. The number of likely N-dealkylation sites (N-methyl/N-ethyl adjacent to an activating group) is 1. The molecule has 0 saturated heterocycles. The van der Waals surface area contributed by atoms with E-state index in [0.29, 0.717) is 18.7 Å². The molecule has 0 aromatic heterocycles. The Hall–Kier alpha value is -2.04. The highest BCUT2D eigenvalue weighted by Crippen LogP contribution is 2.19. The van der Waals surface area contributed by atoms with E-state index >= 15 is 0 Å². The molecular formula is C16H23NO4. The van der Waals surface area contributed by atoms with Crippen LogP contribution in [0.4, 0.5) is 0 Å². The Bertz CT molecular complexity index is 487. The highest BCUT2D eigenvalue weighted by atomic mass is 16.5. The van der Waals surface area contributed by atoms with Crippen LogP contribution in [0.15, 0.2) is 24.3 Å². The van der Waals surface area contributed by atoms with E-state index < -0.39 is 12.1 Å². The summed E-state index contributed by atoms with van der Waals surface area (Å²) in [6.45, 7) is 6.32. The van der Waals surface area contributed by atoms with Gasteiger partial charge in [0.05, 0.1) is 6.42 Å². The van der Waals surface area contributed by atoms with Crippen molar-refractivity contribution in [2.24, 2.45) is 0 Å². The van der Waals surface area contributed by atoms with Crippen molar-refractivity contribution < 1.29 is 19.4 Å². The van der Waals surface area contributed by atoms with E-state index in [9.17, 15) is 9.59 Å². The van der Waals surface area contributed by atoms with Gasteiger partial charge in [0.25, 0.3) is 5.91 Å². The predicted molar refractivity (Wildman–Crippen MR) is 80.4 cm³/mol. The van der Waals surface area contributed by atoms with E-state index in [1.807, 2.05) is 45.0 Å². The largest absolute Gasteiger partial charge is 0.481 e. The van der Waals surface area contributed by atoms with Crippen LogP contribution in [0.25, 0.3) is 0 Å². The third-order valence-electron chi connectivity index (χ3n) is 3.30. The lowest BCUT2D eigenvalue weighted by molar-refractivity contribution is -0.141. The maximum Gasteiger partial charge on any atom is 0.305 e. The van der Waals surface area contributed by atoms with Gasteiger partial charge in [0, 0.05) is 13.1 Å². The Kier molecular flexibility index (Phi) is 6.72. The van der Waals surface area contributed by atoms with E-state index in [0.717, 1.165) is 5.56 Å². The minimum atomic E-state index is -0.908. The second-order valence-electron chi connectivity index (χ2n) is 4.84. The SMILES string of the molecule is CCC(Oc1ccccc1C)C(=O)N(CC)CCC(=O)O. The number of carbonyl (C=O) groups excluding carboxylic acids is 1. The second kappa shape index (κ2) is 8.29. The summed E-state index contributed by atoms with van der Waals surface area (Å²) in [4.78, 5) is 24.6. The van der Waals surface area contributed by atoms with Gasteiger partial charge in [-0.3, -0.25) is 9.59 Å². The fourth-order valence-electron chi connectivity index (χ4n) is 2.01. The average molecular weight is 293 g/mol. The van der Waals surface area contributed by atoms with Crippen LogP contribution in [0, 0.1) is 6.92 Å². The lowest BCUT2D eigenvalue weighted by Crippen LogP contribution is -2.42. The van der Waals surface area contributed by atoms with Gasteiger partial charge in [0.15, 0.2) is 6.10 Å². The predicted octanol–water partition coefficient (Wildman–Crippen LogP) is 2.48. The summed E-state index contributed by atoms with van der Waals surface area (Å²) in [6, 6.07) is 7.53. The Labute approximate surface area is 125 Å². The Morgan fingerprint density at radius 1 is 1.29 bits per heavy atom. The number of nitrogens with zero attached hydrogens (tertiary/aromatic N) is 1. The van der Waals surface area contributed by atoms with Crippen molar-refractivity contribution in [1.29, 1.82) is 0 Å². The normalized spacial score (nSPS) is 11.8. The summed E-state index contributed by atoms with van der Waals surface area (Å²) in [5.41, 5.74) is 0.970. The van der Waals surface area contributed by atoms with E-state index in [2.05, 4.69) is 0 Å². The van der Waals surface area contributed by atoms with Crippen molar-refractivity contribution in [3.63, 3.8) is 0 Å². The summed E-state index contributed by atoms with van der Waals surface area (Å²) in [5.74, 6) is -0.384. The van der Waals surface area contributed by atoms with Gasteiger partial charge >= 0.3 is 5.97 Å². The number of aryl methyl sites for hydroxylation is 1. The molecule has 1 aromatic rings. The van der Waals surface area contributed by atoms with Crippen LogP contribution in [0.1, 0.15) is 32.3 Å². The summed E-state index contributed by atoms with van der Waals surface area (Å²) >= 11 is 0. The molecule has 0 bridgehead atoms. The molecular weight excluding hydrogens is 270 g/mol. The zero-order chi connectivity index (χ0) is 15.8. The Balaban J connectivity index is 2.75. The van der Waals surface area contributed by atoms with Gasteiger partial charge in [-0.1, -0.05) is 25.1 Å². The van der Waals surface area contributed by atoms with Gasteiger partial charge in [0.1, 0.15) is 5.75 Å². The van der Waals surface area contributed by atoms with Crippen molar-refractivity contribution in [3.05, 3.63) is 29.8 Å². The average Bonchev–Trinajstić information content (AvgIpc) is 2.46. The standard InChI is InChI=1S/C16H23NO4/c1-4-13(21-14-9-7-6-8-12(14)3)16(20)17(5-2)11-10-15(18)19/h6-9,13H,4-5,10-11H2,1-3H3,(H,18,19). The summed E-state index contributed by atoms with van der Waals surface area (Å²) in [7, 11) is 0. The van der Waals surface area contributed by atoms with Crippen molar-refractivity contribution in [2.45, 2.75) is 39.7 Å². The van der Waals surface area contributed by atoms with Crippen molar-refractivity contribution in [3.8, 4) is 5.75 Å². The summed E-state index contributed by atoms with van der Waals surface area (Å²) in [5, 5.41) is 8.74. The number of aliphatic carboxylic acids is 1. The molecule has 1 aromatic carbocycles. The smallest absolute Gasteiger partial charge is 0.305 e. The van der Waals surface area contributed by atoms with Crippen molar-refractivity contribution in [1.82, 2.24) is 4.90 Å². The molecule has 1 N–H and O–H groups in total. The molecule has 1 unspecified atom stereocenters. The number of carbonyl (C=O) groups is 2. The molecule has 1 atom stereocenters. The Morgan fingerprint density at radius 2 is 1.95 bits per heavy atom. The molecule has 116 valence electrons. The topological polar surface area (TPSA) is 66.8 Å². The molecule has 1 amide bonds. The molecule has 5 heteroatoms. The molecule has 0 spiro atoms. The minimum Gasteiger partial charge on any atom is -0.481 e. The number of rotatable bonds is 8. The number of ether oxygens (including phenoxy) is 1. The van der Waals surface area contributed by atoms with Crippen LogP contribution in [-0.2, 0) is 9.59 Å². The molecule has 0 saturated carbocycles. The van der Waals surface area contributed by atoms with Crippen LogP contribution >= 0.6 is 0 Å². The highest BCUT2D eigenvalue weighted by Gasteiger charge is 2.24. The number of carboxylic acid groups (broad SMARTS) is 1. The third kappa shape index (κ3) is 5.10. The molecule has 1 rings (SSSR count). The third-order valence-corrected chi connectivity index (χ3v) is 3.30. The summed E-state index contributed by atoms with van der Waals surface area (Å²) < 4.78 is 5.81. The van der Waals surface area contributed by atoms with E-state index in [-0.39, 0.29) is 18.9 Å². The van der Waals surface area contributed by atoms with E-state index in [4.69, 9.17) is 9.84 Å². The quantitative estimate of drug-likeness (QED) is 0.799. The van der Waals surface area contributed by atoms with Crippen molar-refractivity contribution in [2.75, 3.05) is 13.1 Å². The van der Waals surface area contributed by atoms with Crippen LogP contribution in [-0.4, -0.2) is 41.1 Å². The van der Waals surface area contributed by atoms with Crippen LogP contribution in [0.2, 0.25) is 0 Å². The maximum absolute atomic E-state index is 12.4. The van der Waals surface area contributed by atoms with Gasteiger partial charge in [-0.05, 0) is 31.9 Å². The molecule has 5 nitrogen and oxygen atoms in total. The Morgan fingerprint density at radius 3 is 2.48 bits per heavy atom. The lowest BCUT2D eigenvalue weighted by atomic mass is 10.2. The molecule has 0 radical (unpaired) electrons. The first-order valence-corrected chi connectivity index (χ1v) is 7.22. The maximum atomic E-state index is 12.4. The molecule has 21 heavy (non-hydrogen) atoms. The number of benzene rings is 1. The lowest BCUT2D eigenvalue weighted by Gasteiger charge is -2.26. The van der Waals surface area contributed by atoms with Gasteiger partial charge in [-0.25, -0.2) is 0 Å². The van der Waals surface area contributed by atoms with Crippen LogP contribution < -0.4 is 4.74 Å². The van der Waals surface area contributed by atoms with Crippen molar-refractivity contribution >= 4 is 11.9 Å². The zero-order valence-electron chi connectivity index (χ0n) is 12.8. The van der Waals surface area contributed by atoms with Gasteiger partial charge < -0.3 is 14.7 Å². The van der Waals surface area contributed by atoms with Crippen LogP contribution in [0.5, 0.6) is 5.75 Å². The molecule has 0 fully saturated rings. The number of carboxylic acids is 1. The molecule has 0 aliphatic rings. The minimum absolute atomic E-state index is 0.0552. The monoisotopic (exact) mass is 293 g/mol. The van der Waals surface area contributed by atoms with E-state index in [1.54, 1.807) is 0 Å². The van der Waals surface area contributed by atoms with Crippen LogP contribution in [0.3, 0.4) is 0 Å². The number of hydrogen-bond acceptors (Lipinski definition) is 3. The number of hydrogen-bond donors (Lipinski definition) is 1. The molecule has 0 aliphatic heterocycles. The zero-order valence-corrected chi connectivity index (χ0v) is 12.8. The number of para-hydroxylation sites is 1. The second-order valence-corrected chi connectivity index (χ2v) is 4.84. The van der Waals surface area contributed by atoms with E-state index in [1.165, 1.54) is 4.90 Å². The summed E-state index contributed by atoms with van der Waals surface area (Å²) in [6.07, 6.45) is -0.100. The first-order valence-electron chi connectivity index (χ1n) is 7.22. The molecule has 0 aliphatic carbocycles. The first-order chi connectivity index (χ1) is 9.99. The fourth-order valence-corrected chi connectivity index (χ4v) is 2.01. The highest BCUT2D eigenvalue weighted by molar-refractivity contribution is 5.81. The first kappa shape index (κ1) is 17.0. The van der Waals surface area contributed by atoms with Gasteiger partial charge in [-0.15, -0.1) is 0 Å². The fraction of sp³-hybridized carbons (Fsp3) is 0.500. The molecule has 0 heterocycles.